The highest BCUT2D eigenvalue weighted by Crippen LogP contribution is 1.94. The number of aromatic nitrogens is 2. The Bertz CT molecular complexity index is 247. The smallest absolute Gasteiger partial charge is 0.348 e. The molecule has 10 heavy (non-hydrogen) atoms. The molecular weight excluding hydrogens is 156 g/mol. The van der Waals surface area contributed by atoms with Gasteiger partial charge in [-0.1, -0.05) is 0 Å². The largest absolute Gasteiger partial charge is 0.385 e. The Balaban J connectivity index is 0.000000810. The van der Waals surface area contributed by atoms with Crippen LogP contribution in [0.5, 0.6) is 0 Å². The van der Waals surface area contributed by atoms with E-state index in [9.17, 15) is 4.79 Å². The highest BCUT2D eigenvalue weighted by atomic mass is 35.5. The van der Waals surface area contributed by atoms with Crippen LogP contribution in [-0.2, 0) is 0 Å². The van der Waals surface area contributed by atoms with Crippen LogP contribution < -0.4 is 17.2 Å². The van der Waals surface area contributed by atoms with Crippen LogP contribution in [0.25, 0.3) is 0 Å². The van der Waals surface area contributed by atoms with Gasteiger partial charge in [-0.15, -0.1) is 12.4 Å². The average Bonchev–Trinajstić information content (AvgIpc) is 1.59. The number of hydrogen-bond donors (Lipinski definition) is 3. The first-order valence-electron chi connectivity index (χ1n) is 2.31. The average molecular weight is 163 g/mol. The van der Waals surface area contributed by atoms with Gasteiger partial charge in [0, 0.05) is 6.07 Å². The molecule has 0 radical (unpaired) electrons. The lowest BCUT2D eigenvalue weighted by Crippen LogP contribution is -2.13. The quantitative estimate of drug-likeness (QED) is 0.473. The van der Waals surface area contributed by atoms with E-state index in [0.29, 0.717) is 0 Å². The molecule has 0 saturated heterocycles. The lowest BCUT2D eigenvalue weighted by Gasteiger charge is -1.90. The Kier molecular flexibility index (Phi) is 2.69. The van der Waals surface area contributed by atoms with E-state index in [1.165, 1.54) is 6.07 Å². The number of hydrogen-bond acceptors (Lipinski definition) is 4. The molecule has 1 heterocycles. The molecule has 0 amide bonds. The van der Waals surface area contributed by atoms with Gasteiger partial charge in [-0.25, -0.2) is 4.79 Å². The van der Waals surface area contributed by atoms with Gasteiger partial charge >= 0.3 is 5.69 Å². The molecule has 56 valence electrons. The number of nitrogen functional groups attached to an aromatic ring is 2. The van der Waals surface area contributed by atoms with Crippen molar-refractivity contribution in [3.05, 3.63) is 16.6 Å². The van der Waals surface area contributed by atoms with Crippen molar-refractivity contribution in [2.24, 2.45) is 0 Å². The zero-order valence-electron chi connectivity index (χ0n) is 5.00. The monoisotopic (exact) mass is 162 g/mol. The van der Waals surface area contributed by atoms with Gasteiger partial charge in [0.1, 0.15) is 11.6 Å². The minimum atomic E-state index is -0.521. The summed E-state index contributed by atoms with van der Waals surface area (Å²) < 4.78 is 0. The minimum absolute atomic E-state index is 0. The van der Waals surface area contributed by atoms with Crippen LogP contribution in [-0.4, -0.2) is 9.97 Å². The van der Waals surface area contributed by atoms with Gasteiger partial charge in [0.15, 0.2) is 0 Å². The van der Waals surface area contributed by atoms with Gasteiger partial charge in [0.2, 0.25) is 0 Å². The predicted molar refractivity (Wildman–Crippen MR) is 40.9 cm³/mol. The Hall–Kier alpha value is -1.23. The molecule has 0 bridgehead atoms. The Labute approximate surface area is 62.9 Å². The van der Waals surface area contributed by atoms with E-state index in [-0.39, 0.29) is 24.0 Å². The summed E-state index contributed by atoms with van der Waals surface area (Å²) in [5.74, 6) is 0.365. The highest BCUT2D eigenvalue weighted by Gasteiger charge is 1.89. The van der Waals surface area contributed by atoms with Crippen LogP contribution in [0.2, 0.25) is 0 Å². The van der Waals surface area contributed by atoms with Crippen molar-refractivity contribution in [3.63, 3.8) is 0 Å². The maximum Gasteiger partial charge on any atom is 0.348 e. The SMILES string of the molecule is Cl.Nc1cc(N)[nH]c(=O)n1. The number of aromatic amines is 1. The number of H-pyrrole nitrogens is 1. The normalized spacial score (nSPS) is 8.40. The number of halogens is 1. The zero-order chi connectivity index (χ0) is 6.85. The van der Waals surface area contributed by atoms with Gasteiger partial charge in [0.25, 0.3) is 0 Å². The predicted octanol–water partition coefficient (Wildman–Crippen LogP) is -0.644. The molecule has 0 saturated carbocycles. The van der Waals surface area contributed by atoms with Crippen LogP contribution in [0.4, 0.5) is 11.6 Å². The van der Waals surface area contributed by atoms with E-state index in [0.717, 1.165) is 0 Å². The molecule has 0 fully saturated rings. The third-order valence-electron chi connectivity index (χ3n) is 0.785. The summed E-state index contributed by atoms with van der Waals surface area (Å²) >= 11 is 0. The fourth-order valence-electron chi connectivity index (χ4n) is 0.496. The maximum absolute atomic E-state index is 10.4. The molecule has 0 aromatic carbocycles. The summed E-state index contributed by atoms with van der Waals surface area (Å²) in [5.41, 5.74) is 9.81. The van der Waals surface area contributed by atoms with Crippen molar-refractivity contribution < 1.29 is 0 Å². The van der Waals surface area contributed by atoms with Crippen molar-refractivity contribution in [3.8, 4) is 0 Å². The van der Waals surface area contributed by atoms with E-state index >= 15 is 0 Å². The number of nitrogens with one attached hydrogen (secondary N) is 1. The lowest BCUT2D eigenvalue weighted by atomic mass is 10.5. The van der Waals surface area contributed by atoms with Crippen LogP contribution in [0.15, 0.2) is 10.9 Å². The van der Waals surface area contributed by atoms with Crippen molar-refractivity contribution >= 4 is 24.0 Å². The number of anilines is 2. The van der Waals surface area contributed by atoms with Gasteiger partial charge < -0.3 is 11.5 Å². The second-order valence-corrected chi connectivity index (χ2v) is 1.57. The van der Waals surface area contributed by atoms with Crippen molar-refractivity contribution in [2.75, 3.05) is 11.5 Å². The topological polar surface area (TPSA) is 97.8 Å². The van der Waals surface area contributed by atoms with Crippen LogP contribution in [0, 0.1) is 0 Å². The molecule has 1 rings (SSSR count). The number of nitrogens with two attached hydrogens (primary N) is 2. The summed E-state index contributed by atoms with van der Waals surface area (Å²) in [4.78, 5) is 15.9. The fourth-order valence-corrected chi connectivity index (χ4v) is 0.496. The van der Waals surface area contributed by atoms with Crippen molar-refractivity contribution in [1.82, 2.24) is 9.97 Å². The Morgan fingerprint density at radius 3 is 2.50 bits per heavy atom. The van der Waals surface area contributed by atoms with Crippen LogP contribution in [0.3, 0.4) is 0 Å². The minimum Gasteiger partial charge on any atom is -0.385 e. The summed E-state index contributed by atoms with van der Waals surface area (Å²) in [5, 5.41) is 0. The fraction of sp³-hybridized carbons (Fsp3) is 0. The van der Waals surface area contributed by atoms with Crippen molar-refractivity contribution in [1.29, 1.82) is 0 Å². The third-order valence-corrected chi connectivity index (χ3v) is 0.785. The van der Waals surface area contributed by atoms with E-state index in [4.69, 9.17) is 11.5 Å². The molecule has 0 atom stereocenters. The second-order valence-electron chi connectivity index (χ2n) is 1.57. The van der Waals surface area contributed by atoms with Gasteiger partial charge in [0.05, 0.1) is 0 Å². The van der Waals surface area contributed by atoms with E-state index < -0.39 is 5.69 Å². The maximum atomic E-state index is 10.4. The van der Waals surface area contributed by atoms with Gasteiger partial charge in [-0.3, -0.25) is 4.98 Å². The second kappa shape index (κ2) is 3.07. The summed E-state index contributed by atoms with van der Waals surface area (Å²) in [6.07, 6.45) is 0. The Morgan fingerprint density at radius 2 is 2.10 bits per heavy atom. The lowest BCUT2D eigenvalue weighted by molar-refractivity contribution is 1.09. The number of nitrogens with zero attached hydrogens (tertiary/aromatic N) is 1. The van der Waals surface area contributed by atoms with Crippen molar-refractivity contribution in [2.45, 2.75) is 0 Å². The van der Waals surface area contributed by atoms with E-state index in [1.54, 1.807) is 0 Å². The molecule has 5 nitrogen and oxygen atoms in total. The van der Waals surface area contributed by atoms with Gasteiger partial charge in [-0.05, 0) is 0 Å². The Morgan fingerprint density at radius 1 is 1.50 bits per heavy atom. The molecule has 0 aliphatic rings. The zero-order valence-corrected chi connectivity index (χ0v) is 5.81. The summed E-state index contributed by atoms with van der Waals surface area (Å²) in [6, 6.07) is 1.38. The first-order chi connectivity index (χ1) is 4.18. The van der Waals surface area contributed by atoms with Gasteiger partial charge in [-0.2, -0.15) is 4.98 Å². The van der Waals surface area contributed by atoms with E-state index in [2.05, 4.69) is 9.97 Å². The molecular formula is C4H7ClN4O. The first kappa shape index (κ1) is 8.77. The molecule has 6 heteroatoms. The molecule has 0 aliphatic carbocycles. The number of rotatable bonds is 0. The summed E-state index contributed by atoms with van der Waals surface area (Å²) in [7, 11) is 0. The standard InChI is InChI=1S/C4H6N4O.ClH/c5-2-1-3(6)8-4(9)7-2;/h1H,(H5,5,6,7,8,9);1H. The molecule has 1 aromatic rings. The van der Waals surface area contributed by atoms with Crippen LogP contribution >= 0.6 is 12.4 Å². The van der Waals surface area contributed by atoms with Crippen LogP contribution in [0.1, 0.15) is 0 Å². The molecule has 0 spiro atoms. The summed E-state index contributed by atoms with van der Waals surface area (Å²) in [6.45, 7) is 0. The van der Waals surface area contributed by atoms with E-state index in [1.807, 2.05) is 0 Å². The first-order valence-corrected chi connectivity index (χ1v) is 2.31. The molecule has 5 N–H and O–H groups in total. The third kappa shape index (κ3) is 1.94. The molecule has 0 unspecified atom stereocenters. The molecule has 0 aliphatic heterocycles. The molecule has 1 aromatic heterocycles. The highest BCUT2D eigenvalue weighted by molar-refractivity contribution is 5.85.